The van der Waals surface area contributed by atoms with Gasteiger partial charge in [-0.2, -0.15) is 0 Å². The highest BCUT2D eigenvalue weighted by Gasteiger charge is 2.28. The minimum Gasteiger partial charge on any atom is -0.356 e. The fraction of sp³-hybridized carbons (Fsp3) is 0.312. The molecule has 0 aromatic heterocycles. The number of hydrogen-bond acceptors (Lipinski definition) is 4. The van der Waals surface area contributed by atoms with Gasteiger partial charge < -0.3 is 16.0 Å². The van der Waals surface area contributed by atoms with Crippen LogP contribution in [-0.2, 0) is 4.79 Å². The second kappa shape index (κ2) is 5.44. The second-order valence-corrected chi connectivity index (χ2v) is 6.76. The SMILES string of the molecule is O=C(NC1Nc2ccc3cc(F)ccc3c2S1)[C@@H]1CCNC1. The van der Waals surface area contributed by atoms with E-state index in [-0.39, 0.29) is 23.1 Å². The monoisotopic (exact) mass is 317 g/mol. The lowest BCUT2D eigenvalue weighted by Gasteiger charge is -2.15. The van der Waals surface area contributed by atoms with Gasteiger partial charge in [0.1, 0.15) is 5.82 Å². The Balaban J connectivity index is 1.55. The molecule has 2 aliphatic rings. The molecule has 0 bridgehead atoms. The summed E-state index contributed by atoms with van der Waals surface area (Å²) in [6.45, 7) is 1.65. The summed E-state index contributed by atoms with van der Waals surface area (Å²) < 4.78 is 13.3. The number of thioether (sulfide) groups is 1. The predicted octanol–water partition coefficient (Wildman–Crippen LogP) is 2.51. The van der Waals surface area contributed by atoms with Crippen LogP contribution in [0.25, 0.3) is 10.8 Å². The van der Waals surface area contributed by atoms with Crippen LogP contribution in [0.4, 0.5) is 10.1 Å². The van der Waals surface area contributed by atoms with Gasteiger partial charge in [0.25, 0.3) is 0 Å². The van der Waals surface area contributed by atoms with Crippen molar-refractivity contribution < 1.29 is 9.18 Å². The fourth-order valence-corrected chi connectivity index (χ4v) is 4.16. The van der Waals surface area contributed by atoms with Gasteiger partial charge in [0.2, 0.25) is 5.91 Å². The summed E-state index contributed by atoms with van der Waals surface area (Å²) in [6, 6.07) is 8.64. The highest BCUT2D eigenvalue weighted by molar-refractivity contribution is 8.00. The smallest absolute Gasteiger partial charge is 0.226 e. The first-order valence-electron chi connectivity index (χ1n) is 7.37. The van der Waals surface area contributed by atoms with Crippen molar-refractivity contribution in [1.29, 1.82) is 0 Å². The van der Waals surface area contributed by atoms with E-state index in [1.54, 1.807) is 17.8 Å². The van der Waals surface area contributed by atoms with E-state index in [0.717, 1.165) is 40.9 Å². The van der Waals surface area contributed by atoms with Gasteiger partial charge in [-0.15, -0.1) is 0 Å². The lowest BCUT2D eigenvalue weighted by atomic mass is 10.1. The van der Waals surface area contributed by atoms with Crippen LogP contribution in [0.3, 0.4) is 0 Å². The van der Waals surface area contributed by atoms with Gasteiger partial charge in [-0.25, -0.2) is 4.39 Å². The molecule has 6 heteroatoms. The van der Waals surface area contributed by atoms with Crippen molar-refractivity contribution >= 4 is 34.1 Å². The fourth-order valence-electron chi connectivity index (χ4n) is 2.99. The number of hydrogen-bond donors (Lipinski definition) is 3. The van der Waals surface area contributed by atoms with Crippen LogP contribution in [0.2, 0.25) is 0 Å². The van der Waals surface area contributed by atoms with E-state index in [1.807, 2.05) is 12.1 Å². The van der Waals surface area contributed by atoms with Gasteiger partial charge in [-0.3, -0.25) is 4.79 Å². The van der Waals surface area contributed by atoms with Gasteiger partial charge in [-0.1, -0.05) is 23.9 Å². The Hall–Kier alpha value is -1.79. The molecule has 1 unspecified atom stereocenters. The molecule has 0 aliphatic carbocycles. The highest BCUT2D eigenvalue weighted by atomic mass is 32.2. The van der Waals surface area contributed by atoms with Crippen LogP contribution in [0.15, 0.2) is 35.2 Å². The molecule has 2 aromatic carbocycles. The first-order valence-corrected chi connectivity index (χ1v) is 8.25. The zero-order valence-electron chi connectivity index (χ0n) is 11.9. The molecule has 2 heterocycles. The molecule has 4 nitrogen and oxygen atoms in total. The molecule has 1 saturated heterocycles. The van der Waals surface area contributed by atoms with Crippen molar-refractivity contribution in [3.8, 4) is 0 Å². The number of benzene rings is 2. The Morgan fingerprint density at radius 3 is 3.05 bits per heavy atom. The molecule has 0 radical (unpaired) electrons. The van der Waals surface area contributed by atoms with Crippen molar-refractivity contribution in [3.05, 3.63) is 36.1 Å². The molecule has 4 rings (SSSR count). The lowest BCUT2D eigenvalue weighted by molar-refractivity contribution is -0.124. The minimum absolute atomic E-state index is 0.0527. The summed E-state index contributed by atoms with van der Waals surface area (Å²) in [7, 11) is 0. The number of fused-ring (bicyclic) bond motifs is 3. The molecule has 114 valence electrons. The Bertz CT molecular complexity index is 745. The number of nitrogens with one attached hydrogen (secondary N) is 3. The van der Waals surface area contributed by atoms with Crippen LogP contribution in [0, 0.1) is 11.7 Å². The maximum Gasteiger partial charge on any atom is 0.226 e. The summed E-state index contributed by atoms with van der Waals surface area (Å²) in [5.41, 5.74) is 0.817. The van der Waals surface area contributed by atoms with Crippen molar-refractivity contribution in [2.24, 2.45) is 5.92 Å². The molecular formula is C16H16FN3OS. The highest BCUT2D eigenvalue weighted by Crippen LogP contribution is 2.42. The normalized spacial score (nSPS) is 23.3. The number of carbonyl (C=O) groups is 1. The second-order valence-electron chi connectivity index (χ2n) is 5.65. The number of carbonyl (C=O) groups excluding carboxylic acids is 1. The molecule has 0 saturated carbocycles. The van der Waals surface area contributed by atoms with Gasteiger partial charge >= 0.3 is 0 Å². The third kappa shape index (κ3) is 2.42. The van der Waals surface area contributed by atoms with Crippen molar-refractivity contribution in [2.75, 3.05) is 18.4 Å². The van der Waals surface area contributed by atoms with Crippen LogP contribution >= 0.6 is 11.8 Å². The molecule has 2 aromatic rings. The van der Waals surface area contributed by atoms with E-state index in [2.05, 4.69) is 16.0 Å². The predicted molar refractivity (Wildman–Crippen MR) is 86.3 cm³/mol. The minimum atomic E-state index is -0.234. The number of rotatable bonds is 2. The summed E-state index contributed by atoms with van der Waals surface area (Å²) in [4.78, 5) is 13.3. The van der Waals surface area contributed by atoms with E-state index in [0.29, 0.717) is 0 Å². The van der Waals surface area contributed by atoms with E-state index in [4.69, 9.17) is 0 Å². The standard InChI is InChI=1S/C16H16FN3OS/c17-11-2-3-12-9(7-11)1-4-13-14(12)22-16(19-13)20-15(21)10-5-6-18-8-10/h1-4,7,10,16,18-19H,5-6,8H2,(H,20,21)/t10-,16?/m1/s1. The third-order valence-electron chi connectivity index (χ3n) is 4.16. The van der Waals surface area contributed by atoms with Crippen LogP contribution in [0.5, 0.6) is 0 Å². The third-order valence-corrected chi connectivity index (χ3v) is 5.31. The Morgan fingerprint density at radius 2 is 2.23 bits per heavy atom. The maximum absolute atomic E-state index is 13.3. The van der Waals surface area contributed by atoms with Crippen molar-refractivity contribution in [2.45, 2.75) is 16.8 Å². The number of anilines is 1. The average Bonchev–Trinajstić information content (AvgIpc) is 3.15. The van der Waals surface area contributed by atoms with Gasteiger partial charge in [0, 0.05) is 11.4 Å². The Kier molecular flexibility index (Phi) is 3.43. The first-order chi connectivity index (χ1) is 10.7. The van der Waals surface area contributed by atoms with Crippen molar-refractivity contribution in [1.82, 2.24) is 10.6 Å². The average molecular weight is 317 g/mol. The first kappa shape index (κ1) is 13.8. The summed E-state index contributed by atoms with van der Waals surface area (Å²) in [5, 5.41) is 11.4. The Labute approximate surface area is 131 Å². The summed E-state index contributed by atoms with van der Waals surface area (Å²) in [6.07, 6.45) is 0.887. The summed E-state index contributed by atoms with van der Waals surface area (Å²) in [5.74, 6) is -0.0999. The summed E-state index contributed by atoms with van der Waals surface area (Å²) >= 11 is 1.57. The van der Waals surface area contributed by atoms with E-state index in [1.165, 1.54) is 12.1 Å². The molecule has 0 spiro atoms. The molecule has 2 aliphatic heterocycles. The van der Waals surface area contributed by atoms with Crippen molar-refractivity contribution in [3.63, 3.8) is 0 Å². The quantitative estimate of drug-likeness (QED) is 0.797. The number of halogens is 1. The maximum atomic E-state index is 13.3. The molecule has 1 amide bonds. The topological polar surface area (TPSA) is 53.2 Å². The molecule has 22 heavy (non-hydrogen) atoms. The van der Waals surface area contributed by atoms with Crippen LogP contribution in [0.1, 0.15) is 6.42 Å². The van der Waals surface area contributed by atoms with E-state index in [9.17, 15) is 9.18 Å². The zero-order valence-corrected chi connectivity index (χ0v) is 12.7. The van der Waals surface area contributed by atoms with Gasteiger partial charge in [0.05, 0.1) is 11.6 Å². The van der Waals surface area contributed by atoms with Crippen LogP contribution < -0.4 is 16.0 Å². The molecule has 2 atom stereocenters. The zero-order chi connectivity index (χ0) is 15.1. The van der Waals surface area contributed by atoms with E-state index >= 15 is 0 Å². The van der Waals surface area contributed by atoms with Gasteiger partial charge in [-0.05, 0) is 41.9 Å². The molecular weight excluding hydrogens is 301 g/mol. The Morgan fingerprint density at radius 1 is 1.32 bits per heavy atom. The molecule has 3 N–H and O–H groups in total. The number of amides is 1. The largest absolute Gasteiger partial charge is 0.356 e. The van der Waals surface area contributed by atoms with E-state index < -0.39 is 0 Å². The lowest BCUT2D eigenvalue weighted by Crippen LogP contribution is -2.40. The van der Waals surface area contributed by atoms with Crippen LogP contribution in [-0.4, -0.2) is 24.5 Å². The molecule has 1 fully saturated rings. The van der Waals surface area contributed by atoms with Gasteiger partial charge in [0.15, 0.2) is 5.50 Å².